The van der Waals surface area contributed by atoms with Crippen molar-refractivity contribution in [1.82, 2.24) is 9.97 Å². The number of aromatic nitrogens is 2. The number of halogens is 2. The van der Waals surface area contributed by atoms with Crippen LogP contribution < -0.4 is 0 Å². The van der Waals surface area contributed by atoms with Gasteiger partial charge in [0, 0.05) is 12.6 Å². The van der Waals surface area contributed by atoms with E-state index in [0.29, 0.717) is 27.9 Å². The zero-order valence-corrected chi connectivity index (χ0v) is 14.9. The quantitative estimate of drug-likeness (QED) is 0.396. The summed E-state index contributed by atoms with van der Waals surface area (Å²) in [4.78, 5) is 20.4. The second-order valence-electron chi connectivity index (χ2n) is 5.59. The Morgan fingerprint density at radius 3 is 2.72 bits per heavy atom. The molecule has 25 heavy (non-hydrogen) atoms. The summed E-state index contributed by atoms with van der Waals surface area (Å²) in [6.07, 6.45) is 5.90. The molecule has 0 radical (unpaired) electrons. The lowest BCUT2D eigenvalue weighted by molar-refractivity contribution is 0.0946. The van der Waals surface area contributed by atoms with Crippen molar-refractivity contribution in [3.05, 3.63) is 70.3 Å². The van der Waals surface area contributed by atoms with Gasteiger partial charge in [-0.05, 0) is 43.0 Å². The van der Waals surface area contributed by atoms with Gasteiger partial charge in [-0.25, -0.2) is 4.98 Å². The first-order chi connectivity index (χ1) is 12.1. The van der Waals surface area contributed by atoms with Gasteiger partial charge >= 0.3 is 0 Å². The van der Waals surface area contributed by atoms with Crippen LogP contribution in [-0.4, -0.2) is 15.8 Å². The topological polar surface area (TPSA) is 56.0 Å². The maximum atomic E-state index is 12.2. The summed E-state index contributed by atoms with van der Waals surface area (Å²) in [5.41, 5.74) is 1.65. The van der Waals surface area contributed by atoms with Crippen LogP contribution in [0.1, 0.15) is 35.5 Å². The molecular weight excluding hydrogens is 359 g/mol. The zero-order valence-electron chi connectivity index (χ0n) is 13.4. The van der Waals surface area contributed by atoms with Crippen LogP contribution in [0.25, 0.3) is 11.5 Å². The van der Waals surface area contributed by atoms with Crippen LogP contribution in [-0.2, 0) is 6.42 Å². The minimum atomic E-state index is -0.112. The Labute approximate surface area is 155 Å². The first-order valence-electron chi connectivity index (χ1n) is 7.98. The molecule has 0 atom stereocenters. The molecule has 0 unspecified atom stereocenters. The summed E-state index contributed by atoms with van der Waals surface area (Å²) in [7, 11) is 0. The number of oxazole rings is 1. The third-order valence-corrected chi connectivity index (χ3v) is 4.65. The van der Waals surface area contributed by atoms with Gasteiger partial charge in [0.25, 0.3) is 5.89 Å². The van der Waals surface area contributed by atoms with E-state index in [1.54, 1.807) is 12.3 Å². The van der Waals surface area contributed by atoms with E-state index in [9.17, 15) is 4.79 Å². The minimum Gasteiger partial charge on any atom is -0.432 e. The maximum absolute atomic E-state index is 12.2. The molecule has 0 aliphatic heterocycles. The van der Waals surface area contributed by atoms with Gasteiger partial charge in [-0.2, -0.15) is 0 Å². The Bertz CT molecular complexity index is 863. The number of Topliss-reactive ketones (excluding diaryl/α,β-unsaturated/α-hetero) is 1. The lowest BCUT2D eigenvalue weighted by Gasteiger charge is -2.05. The average Bonchev–Trinajstić information content (AvgIpc) is 3.13. The summed E-state index contributed by atoms with van der Waals surface area (Å²) in [5.74, 6) is 0.510. The van der Waals surface area contributed by atoms with Gasteiger partial charge in [-0.3, -0.25) is 9.78 Å². The molecule has 0 bridgehead atoms. The van der Waals surface area contributed by atoms with E-state index in [-0.39, 0.29) is 11.7 Å². The standard InChI is InChI=1S/C19H16Cl2N2O2/c20-14-8-5-7-13(18(14)21)6-1-2-10-16(24)19-23-12-17(25-19)15-9-3-4-11-22-15/h3-5,7-9,11-12H,1-2,6,10H2. The van der Waals surface area contributed by atoms with Crippen molar-refractivity contribution in [1.29, 1.82) is 0 Å². The summed E-state index contributed by atoms with van der Waals surface area (Å²) < 4.78 is 5.52. The summed E-state index contributed by atoms with van der Waals surface area (Å²) in [5, 5.41) is 1.14. The second kappa shape index (κ2) is 8.28. The number of benzene rings is 1. The highest BCUT2D eigenvalue weighted by Gasteiger charge is 2.14. The average molecular weight is 375 g/mol. The number of carbonyl (C=O) groups is 1. The van der Waals surface area contributed by atoms with E-state index >= 15 is 0 Å². The van der Waals surface area contributed by atoms with E-state index < -0.39 is 0 Å². The van der Waals surface area contributed by atoms with Gasteiger partial charge < -0.3 is 4.42 Å². The monoisotopic (exact) mass is 374 g/mol. The van der Waals surface area contributed by atoms with Gasteiger partial charge in [-0.15, -0.1) is 0 Å². The SMILES string of the molecule is O=C(CCCCc1cccc(Cl)c1Cl)c1ncc(-c2ccccn2)o1. The zero-order chi connectivity index (χ0) is 17.6. The molecule has 0 saturated carbocycles. The van der Waals surface area contributed by atoms with Crippen molar-refractivity contribution in [2.75, 3.05) is 0 Å². The molecule has 128 valence electrons. The Hall–Kier alpha value is -2.17. The van der Waals surface area contributed by atoms with E-state index in [1.165, 1.54) is 6.20 Å². The third kappa shape index (κ3) is 4.47. The number of pyridine rings is 1. The predicted molar refractivity (Wildman–Crippen MR) is 98.1 cm³/mol. The van der Waals surface area contributed by atoms with E-state index in [2.05, 4.69) is 9.97 Å². The number of unbranched alkanes of at least 4 members (excludes halogenated alkanes) is 1. The van der Waals surface area contributed by atoms with E-state index in [1.807, 2.05) is 30.3 Å². The molecule has 2 aromatic heterocycles. The summed E-state index contributed by atoms with van der Waals surface area (Å²) in [6.45, 7) is 0. The molecule has 0 amide bonds. The molecule has 4 nitrogen and oxygen atoms in total. The predicted octanol–water partition coefficient (Wildman–Crippen LogP) is 5.64. The lowest BCUT2D eigenvalue weighted by atomic mass is 10.1. The van der Waals surface area contributed by atoms with Crippen molar-refractivity contribution >= 4 is 29.0 Å². The van der Waals surface area contributed by atoms with Crippen molar-refractivity contribution in [3.8, 4) is 11.5 Å². The Kier molecular flexibility index (Phi) is 5.84. The third-order valence-electron chi connectivity index (χ3n) is 3.79. The summed E-state index contributed by atoms with van der Waals surface area (Å²) >= 11 is 12.2. The van der Waals surface area contributed by atoms with Crippen molar-refractivity contribution < 1.29 is 9.21 Å². The van der Waals surface area contributed by atoms with Gasteiger partial charge in [0.15, 0.2) is 5.76 Å². The van der Waals surface area contributed by atoms with Gasteiger partial charge in [0.1, 0.15) is 5.69 Å². The molecule has 0 fully saturated rings. The smallest absolute Gasteiger partial charge is 0.263 e. The fourth-order valence-electron chi connectivity index (χ4n) is 2.48. The van der Waals surface area contributed by atoms with Crippen LogP contribution in [0.2, 0.25) is 10.0 Å². The van der Waals surface area contributed by atoms with Crippen LogP contribution in [0.3, 0.4) is 0 Å². The Morgan fingerprint density at radius 1 is 1.04 bits per heavy atom. The first kappa shape index (κ1) is 17.6. The number of hydrogen-bond acceptors (Lipinski definition) is 4. The molecule has 1 aromatic carbocycles. The van der Waals surface area contributed by atoms with Crippen LogP contribution in [0.5, 0.6) is 0 Å². The van der Waals surface area contributed by atoms with Gasteiger partial charge in [0.2, 0.25) is 5.78 Å². The van der Waals surface area contributed by atoms with Crippen LogP contribution >= 0.6 is 23.2 Å². The number of nitrogens with zero attached hydrogens (tertiary/aromatic N) is 2. The molecule has 0 aliphatic rings. The number of ketones is 1. The fraction of sp³-hybridized carbons (Fsp3) is 0.211. The fourth-order valence-corrected chi connectivity index (χ4v) is 2.89. The highest BCUT2D eigenvalue weighted by molar-refractivity contribution is 6.42. The summed E-state index contributed by atoms with van der Waals surface area (Å²) in [6, 6.07) is 11.1. The number of rotatable bonds is 7. The first-order valence-corrected chi connectivity index (χ1v) is 8.74. The van der Waals surface area contributed by atoms with E-state index in [0.717, 1.165) is 24.8 Å². The number of aryl methyl sites for hydroxylation is 1. The normalized spacial score (nSPS) is 10.8. The second-order valence-corrected chi connectivity index (χ2v) is 6.37. The molecule has 0 saturated heterocycles. The van der Waals surface area contributed by atoms with E-state index in [4.69, 9.17) is 27.6 Å². The van der Waals surface area contributed by atoms with Crippen LogP contribution in [0.15, 0.2) is 53.2 Å². The molecule has 0 spiro atoms. The molecule has 6 heteroatoms. The molecule has 0 N–H and O–H groups in total. The molecule has 3 rings (SSSR count). The van der Waals surface area contributed by atoms with Gasteiger partial charge in [0.05, 0.1) is 16.2 Å². The highest BCUT2D eigenvalue weighted by Crippen LogP contribution is 2.27. The molecule has 2 heterocycles. The maximum Gasteiger partial charge on any atom is 0.263 e. The number of carbonyl (C=O) groups excluding carboxylic acids is 1. The highest BCUT2D eigenvalue weighted by atomic mass is 35.5. The molecule has 0 aliphatic carbocycles. The molecule has 3 aromatic rings. The van der Waals surface area contributed by atoms with Gasteiger partial charge in [-0.1, -0.05) is 41.4 Å². The lowest BCUT2D eigenvalue weighted by Crippen LogP contribution is -1.99. The van der Waals surface area contributed by atoms with Crippen molar-refractivity contribution in [2.45, 2.75) is 25.7 Å². The molecular formula is C19H16Cl2N2O2. The van der Waals surface area contributed by atoms with Crippen molar-refractivity contribution in [3.63, 3.8) is 0 Å². The van der Waals surface area contributed by atoms with Crippen LogP contribution in [0.4, 0.5) is 0 Å². The number of hydrogen-bond donors (Lipinski definition) is 0. The Morgan fingerprint density at radius 2 is 1.92 bits per heavy atom. The minimum absolute atomic E-state index is 0.112. The van der Waals surface area contributed by atoms with Crippen molar-refractivity contribution in [2.24, 2.45) is 0 Å². The largest absolute Gasteiger partial charge is 0.432 e. The van der Waals surface area contributed by atoms with Crippen LogP contribution in [0, 0.1) is 0 Å². The Balaban J connectivity index is 1.52.